The maximum absolute atomic E-state index is 13.8. The van der Waals surface area contributed by atoms with E-state index in [4.69, 9.17) is 0 Å². The van der Waals surface area contributed by atoms with E-state index in [1.54, 1.807) is 0 Å². The van der Waals surface area contributed by atoms with Crippen LogP contribution in [0.3, 0.4) is 0 Å². The summed E-state index contributed by atoms with van der Waals surface area (Å²) in [5, 5.41) is 11.5. The molecule has 1 aliphatic carbocycles. The minimum absolute atomic E-state index is 0.0438. The van der Waals surface area contributed by atoms with Crippen molar-refractivity contribution < 1.29 is 14.7 Å². The van der Waals surface area contributed by atoms with E-state index in [0.29, 0.717) is 43.3 Å². The Balaban J connectivity index is 2.49. The number of allylic oxidation sites excluding steroid dienone is 4. The Morgan fingerprint density at radius 2 is 1.48 bits per heavy atom. The lowest BCUT2D eigenvalue weighted by Crippen LogP contribution is -2.40. The monoisotopic (exact) mass is 424 g/mol. The molecule has 3 nitrogen and oxygen atoms in total. The Labute approximate surface area is 188 Å². The number of aliphatic hydroxyl groups is 1. The molecular formula is C28H40O3. The molecule has 1 aromatic rings. The second kappa shape index (κ2) is 12.0. The van der Waals surface area contributed by atoms with Crippen LogP contribution in [0.1, 0.15) is 97.5 Å². The van der Waals surface area contributed by atoms with Crippen LogP contribution in [0.5, 0.6) is 0 Å². The molecule has 0 bridgehead atoms. The van der Waals surface area contributed by atoms with Gasteiger partial charge in [0.05, 0.1) is 11.0 Å². The van der Waals surface area contributed by atoms with Crippen LogP contribution in [0.2, 0.25) is 0 Å². The van der Waals surface area contributed by atoms with Crippen LogP contribution in [0.25, 0.3) is 0 Å². The van der Waals surface area contributed by atoms with Crippen LogP contribution in [-0.4, -0.2) is 16.7 Å². The molecule has 3 heteroatoms. The molecule has 0 amide bonds. The number of carbonyl (C=O) groups excluding carboxylic acids is 2. The molecule has 2 rings (SSSR count). The standard InChI is InChI=1S/C28H40O3/c1-5-8-16-23-21(4)25(24(29)18-17-22-14-12-11-13-15-22)27(31)28(26(23)30,19-9-6-2)20-10-7-3/h11-15,31H,5-10,16-20H2,1-4H3. The van der Waals surface area contributed by atoms with Crippen molar-refractivity contribution in [3.05, 3.63) is 58.4 Å². The van der Waals surface area contributed by atoms with Crippen molar-refractivity contribution in [3.8, 4) is 0 Å². The van der Waals surface area contributed by atoms with Crippen molar-refractivity contribution in [1.29, 1.82) is 0 Å². The topological polar surface area (TPSA) is 54.4 Å². The van der Waals surface area contributed by atoms with Crippen LogP contribution in [0, 0.1) is 5.41 Å². The SMILES string of the molecule is CCCCC1=C(C)C(C(=O)CCc2ccccc2)=C(O)C(CCCC)(CCCC)C1=O. The van der Waals surface area contributed by atoms with E-state index in [1.807, 2.05) is 37.3 Å². The Morgan fingerprint density at radius 3 is 2.03 bits per heavy atom. The molecule has 1 aliphatic rings. The summed E-state index contributed by atoms with van der Waals surface area (Å²) < 4.78 is 0. The zero-order valence-electron chi connectivity index (χ0n) is 19.9. The summed E-state index contributed by atoms with van der Waals surface area (Å²) in [6.07, 6.45) is 8.46. The predicted molar refractivity (Wildman–Crippen MR) is 128 cm³/mol. The number of aliphatic hydroxyl groups excluding tert-OH is 1. The average Bonchev–Trinajstić information content (AvgIpc) is 2.78. The molecule has 31 heavy (non-hydrogen) atoms. The van der Waals surface area contributed by atoms with Crippen molar-refractivity contribution in [3.63, 3.8) is 0 Å². The van der Waals surface area contributed by atoms with Crippen molar-refractivity contribution in [2.24, 2.45) is 5.41 Å². The summed E-state index contributed by atoms with van der Waals surface area (Å²) in [6, 6.07) is 9.96. The Hall–Kier alpha value is -2.16. The number of hydrogen-bond acceptors (Lipinski definition) is 3. The summed E-state index contributed by atoms with van der Waals surface area (Å²) in [5.74, 6) is 0.0744. The van der Waals surface area contributed by atoms with Crippen molar-refractivity contribution in [2.75, 3.05) is 0 Å². The van der Waals surface area contributed by atoms with E-state index < -0.39 is 5.41 Å². The molecule has 0 saturated carbocycles. The summed E-state index contributed by atoms with van der Waals surface area (Å²) in [7, 11) is 0. The number of ketones is 2. The summed E-state index contributed by atoms with van der Waals surface area (Å²) >= 11 is 0. The van der Waals surface area contributed by atoms with Gasteiger partial charge in [-0.25, -0.2) is 0 Å². The predicted octanol–water partition coefficient (Wildman–Crippen LogP) is 7.46. The fraction of sp³-hybridized carbons (Fsp3) is 0.571. The summed E-state index contributed by atoms with van der Waals surface area (Å²) in [5.41, 5.74) is 2.09. The van der Waals surface area contributed by atoms with Gasteiger partial charge in [0.1, 0.15) is 5.76 Å². The van der Waals surface area contributed by atoms with E-state index in [-0.39, 0.29) is 17.3 Å². The number of carbonyl (C=O) groups is 2. The van der Waals surface area contributed by atoms with E-state index in [9.17, 15) is 14.7 Å². The third kappa shape index (κ3) is 5.75. The van der Waals surface area contributed by atoms with Gasteiger partial charge < -0.3 is 5.11 Å². The molecule has 0 aromatic heterocycles. The van der Waals surface area contributed by atoms with Crippen molar-refractivity contribution in [2.45, 2.75) is 98.3 Å². The zero-order chi connectivity index (χ0) is 22.9. The highest BCUT2D eigenvalue weighted by Gasteiger charge is 2.48. The lowest BCUT2D eigenvalue weighted by Gasteiger charge is -2.38. The quantitative estimate of drug-likeness (QED) is 0.357. The third-order valence-corrected chi connectivity index (χ3v) is 6.68. The fourth-order valence-corrected chi connectivity index (χ4v) is 4.70. The highest BCUT2D eigenvalue weighted by atomic mass is 16.3. The minimum Gasteiger partial charge on any atom is -0.510 e. The molecule has 0 radical (unpaired) electrons. The van der Waals surface area contributed by atoms with E-state index in [2.05, 4.69) is 20.8 Å². The van der Waals surface area contributed by atoms with Crippen LogP contribution in [0.15, 0.2) is 52.8 Å². The smallest absolute Gasteiger partial charge is 0.172 e. The normalized spacial score (nSPS) is 16.2. The first kappa shape index (κ1) is 25.1. The largest absolute Gasteiger partial charge is 0.510 e. The number of benzene rings is 1. The Morgan fingerprint density at radius 1 is 0.903 bits per heavy atom. The molecule has 0 spiro atoms. The molecular weight excluding hydrogens is 384 g/mol. The Bertz CT molecular complexity index is 806. The number of hydrogen-bond donors (Lipinski definition) is 1. The van der Waals surface area contributed by atoms with E-state index in [0.717, 1.165) is 49.7 Å². The number of Topliss-reactive ketones (excluding diaryl/α,β-unsaturated/α-hetero) is 2. The Kier molecular flexibility index (Phi) is 9.74. The molecule has 1 N–H and O–H groups in total. The van der Waals surface area contributed by atoms with E-state index in [1.165, 1.54) is 0 Å². The molecule has 0 fully saturated rings. The van der Waals surface area contributed by atoms with Crippen molar-refractivity contribution >= 4 is 11.6 Å². The van der Waals surface area contributed by atoms with Crippen LogP contribution < -0.4 is 0 Å². The minimum atomic E-state index is -0.924. The average molecular weight is 425 g/mol. The van der Waals surface area contributed by atoms with Gasteiger partial charge in [-0.1, -0.05) is 83.2 Å². The number of unbranched alkanes of at least 4 members (excludes halogenated alkanes) is 3. The molecule has 0 heterocycles. The third-order valence-electron chi connectivity index (χ3n) is 6.68. The van der Waals surface area contributed by atoms with Gasteiger partial charge in [-0.3, -0.25) is 9.59 Å². The molecule has 0 atom stereocenters. The first-order valence-electron chi connectivity index (χ1n) is 12.2. The highest BCUT2D eigenvalue weighted by Crippen LogP contribution is 2.48. The van der Waals surface area contributed by atoms with Crippen molar-refractivity contribution in [1.82, 2.24) is 0 Å². The maximum Gasteiger partial charge on any atom is 0.172 e. The fourth-order valence-electron chi connectivity index (χ4n) is 4.70. The first-order chi connectivity index (χ1) is 14.9. The first-order valence-corrected chi connectivity index (χ1v) is 12.2. The molecule has 0 unspecified atom stereocenters. The summed E-state index contributed by atoms with van der Waals surface area (Å²) in [4.78, 5) is 27.2. The van der Waals surface area contributed by atoms with E-state index >= 15 is 0 Å². The van der Waals surface area contributed by atoms with Gasteiger partial charge in [-0.15, -0.1) is 0 Å². The molecule has 0 aliphatic heterocycles. The van der Waals surface area contributed by atoms with Gasteiger partial charge >= 0.3 is 0 Å². The lowest BCUT2D eigenvalue weighted by molar-refractivity contribution is -0.126. The number of aryl methyl sites for hydroxylation is 1. The molecule has 1 aromatic carbocycles. The van der Waals surface area contributed by atoms with Gasteiger partial charge in [0.25, 0.3) is 0 Å². The van der Waals surface area contributed by atoms with Gasteiger partial charge in [0.2, 0.25) is 0 Å². The zero-order valence-corrected chi connectivity index (χ0v) is 19.9. The highest BCUT2D eigenvalue weighted by molar-refractivity contribution is 6.11. The van der Waals surface area contributed by atoms with Gasteiger partial charge in [-0.05, 0) is 55.7 Å². The maximum atomic E-state index is 13.8. The molecule has 170 valence electrons. The second-order valence-corrected chi connectivity index (χ2v) is 8.96. The van der Waals surface area contributed by atoms with Gasteiger partial charge in [0.15, 0.2) is 11.6 Å². The second-order valence-electron chi connectivity index (χ2n) is 8.96. The van der Waals surface area contributed by atoms with Gasteiger partial charge in [-0.2, -0.15) is 0 Å². The lowest BCUT2D eigenvalue weighted by atomic mass is 9.64. The van der Waals surface area contributed by atoms with Crippen LogP contribution in [-0.2, 0) is 16.0 Å². The van der Waals surface area contributed by atoms with Crippen LogP contribution >= 0.6 is 0 Å². The molecule has 0 saturated heterocycles. The summed E-state index contributed by atoms with van der Waals surface area (Å²) in [6.45, 7) is 8.18. The van der Waals surface area contributed by atoms with Crippen LogP contribution in [0.4, 0.5) is 0 Å². The van der Waals surface area contributed by atoms with Gasteiger partial charge in [0, 0.05) is 6.42 Å². The number of rotatable bonds is 13.